The Bertz CT molecular complexity index is 740. The van der Waals surface area contributed by atoms with E-state index in [4.69, 9.17) is 0 Å². The van der Waals surface area contributed by atoms with Crippen LogP contribution in [0.5, 0.6) is 0 Å². The van der Waals surface area contributed by atoms with Gasteiger partial charge in [-0.3, -0.25) is 0 Å². The topological polar surface area (TPSA) is 4.93 Å². The lowest BCUT2D eigenvalue weighted by atomic mass is 10.1. The van der Waals surface area contributed by atoms with E-state index in [1.54, 1.807) is 0 Å². The quantitative estimate of drug-likeness (QED) is 0.465. The molecule has 0 atom stereocenters. The summed E-state index contributed by atoms with van der Waals surface area (Å²) in [4.78, 5) is 0. The van der Waals surface area contributed by atoms with Crippen LogP contribution in [0, 0.1) is 0 Å². The molecule has 1 aromatic heterocycles. The minimum absolute atomic E-state index is 0.994. The fraction of sp³-hybridized carbons (Fsp3) is 0.300. The van der Waals surface area contributed by atoms with Crippen molar-refractivity contribution in [3.63, 3.8) is 0 Å². The van der Waals surface area contributed by atoms with Crippen molar-refractivity contribution < 1.29 is 0 Å². The second-order valence-electron chi connectivity index (χ2n) is 5.86. The first-order valence-electron chi connectivity index (χ1n) is 8.09. The van der Waals surface area contributed by atoms with Gasteiger partial charge in [0.05, 0.1) is 0 Å². The number of nitrogens with zero attached hydrogens (tertiary/aromatic N) is 1. The molecule has 1 nitrogen and oxygen atoms in total. The normalized spacial score (nSPS) is 11.2. The second-order valence-corrected chi connectivity index (χ2v) is 6.77. The molecule has 114 valence electrons. The molecule has 0 fully saturated rings. The van der Waals surface area contributed by atoms with Crippen molar-refractivity contribution >= 4 is 26.8 Å². The Kier molecular flexibility index (Phi) is 4.99. The Morgan fingerprint density at radius 3 is 2.50 bits per heavy atom. The molecule has 0 radical (unpaired) electrons. The Labute approximate surface area is 141 Å². The van der Waals surface area contributed by atoms with Crippen molar-refractivity contribution in [2.24, 2.45) is 0 Å². The number of rotatable bonds is 6. The zero-order valence-corrected chi connectivity index (χ0v) is 14.6. The Morgan fingerprint density at radius 2 is 1.73 bits per heavy atom. The minimum atomic E-state index is 0.994. The molecule has 22 heavy (non-hydrogen) atoms. The van der Waals surface area contributed by atoms with E-state index in [0.29, 0.717) is 0 Å². The Hall–Kier alpha value is -1.54. The van der Waals surface area contributed by atoms with E-state index in [9.17, 15) is 0 Å². The molecule has 0 unspecified atom stereocenters. The molecule has 0 spiro atoms. The number of halogens is 1. The molecule has 3 rings (SSSR count). The third-order valence-corrected chi connectivity index (χ3v) is 4.71. The van der Waals surface area contributed by atoms with Crippen LogP contribution in [0.4, 0.5) is 0 Å². The van der Waals surface area contributed by atoms with Crippen LogP contribution in [0.1, 0.15) is 37.4 Å². The lowest BCUT2D eigenvalue weighted by Gasteiger charge is -2.11. The van der Waals surface area contributed by atoms with Crippen LogP contribution in [0.3, 0.4) is 0 Å². The van der Waals surface area contributed by atoms with Crippen LogP contribution < -0.4 is 0 Å². The standard InChI is InChI=1S/C20H22BrN/c1-2-3-6-13-22-19(14-16-9-11-18(21)12-10-16)15-17-7-4-5-8-20(17)22/h4-5,7-12,15H,2-3,6,13-14H2,1H3. The Morgan fingerprint density at radius 1 is 0.955 bits per heavy atom. The van der Waals surface area contributed by atoms with Gasteiger partial charge in [0.1, 0.15) is 0 Å². The van der Waals surface area contributed by atoms with Crippen molar-refractivity contribution in [2.75, 3.05) is 0 Å². The molecule has 0 saturated carbocycles. The van der Waals surface area contributed by atoms with Gasteiger partial charge in [0.2, 0.25) is 0 Å². The van der Waals surface area contributed by atoms with Crippen LogP contribution in [-0.4, -0.2) is 4.57 Å². The van der Waals surface area contributed by atoms with E-state index in [-0.39, 0.29) is 0 Å². The molecule has 0 saturated heterocycles. The SMILES string of the molecule is CCCCCn1c(Cc2ccc(Br)cc2)cc2ccccc21. The van der Waals surface area contributed by atoms with Gasteiger partial charge in [0.25, 0.3) is 0 Å². The molecular weight excluding hydrogens is 334 g/mol. The number of benzene rings is 2. The average molecular weight is 356 g/mol. The first-order valence-corrected chi connectivity index (χ1v) is 8.89. The fourth-order valence-corrected chi connectivity index (χ4v) is 3.27. The summed E-state index contributed by atoms with van der Waals surface area (Å²) in [5.41, 5.74) is 4.15. The largest absolute Gasteiger partial charge is 0.344 e. The highest BCUT2D eigenvalue weighted by Gasteiger charge is 2.09. The van der Waals surface area contributed by atoms with E-state index in [0.717, 1.165) is 17.4 Å². The van der Waals surface area contributed by atoms with Crippen LogP contribution in [-0.2, 0) is 13.0 Å². The molecule has 0 bridgehead atoms. The number of unbranched alkanes of at least 4 members (excludes halogenated alkanes) is 2. The highest BCUT2D eigenvalue weighted by atomic mass is 79.9. The summed E-state index contributed by atoms with van der Waals surface area (Å²) in [6, 6.07) is 19.7. The average Bonchev–Trinajstić information content (AvgIpc) is 2.88. The second kappa shape index (κ2) is 7.15. The minimum Gasteiger partial charge on any atom is -0.344 e. The summed E-state index contributed by atoms with van der Waals surface area (Å²) >= 11 is 3.51. The summed E-state index contributed by atoms with van der Waals surface area (Å²) < 4.78 is 3.65. The molecule has 0 aliphatic rings. The van der Waals surface area contributed by atoms with E-state index >= 15 is 0 Å². The number of para-hydroxylation sites is 1. The molecule has 0 amide bonds. The van der Waals surface area contributed by atoms with Gasteiger partial charge in [0, 0.05) is 28.6 Å². The zero-order chi connectivity index (χ0) is 15.4. The maximum atomic E-state index is 3.51. The van der Waals surface area contributed by atoms with Gasteiger partial charge in [-0.05, 0) is 41.6 Å². The van der Waals surface area contributed by atoms with E-state index < -0.39 is 0 Å². The number of hydrogen-bond donors (Lipinski definition) is 0. The molecule has 2 aromatic carbocycles. The van der Waals surface area contributed by atoms with Crippen molar-refractivity contribution in [1.82, 2.24) is 4.57 Å². The highest BCUT2D eigenvalue weighted by Crippen LogP contribution is 2.23. The van der Waals surface area contributed by atoms with Crippen LogP contribution >= 0.6 is 15.9 Å². The maximum Gasteiger partial charge on any atom is 0.0482 e. The maximum absolute atomic E-state index is 3.51. The Balaban J connectivity index is 1.92. The van der Waals surface area contributed by atoms with Crippen molar-refractivity contribution in [3.8, 4) is 0 Å². The van der Waals surface area contributed by atoms with Crippen molar-refractivity contribution in [1.29, 1.82) is 0 Å². The van der Waals surface area contributed by atoms with Gasteiger partial charge in [-0.15, -0.1) is 0 Å². The lowest BCUT2D eigenvalue weighted by molar-refractivity contribution is 0.602. The molecule has 3 aromatic rings. The lowest BCUT2D eigenvalue weighted by Crippen LogP contribution is -2.03. The van der Waals surface area contributed by atoms with Crippen LogP contribution in [0.2, 0.25) is 0 Å². The summed E-state index contributed by atoms with van der Waals surface area (Å²) in [7, 11) is 0. The summed E-state index contributed by atoms with van der Waals surface area (Å²) in [5, 5.41) is 1.35. The predicted octanol–water partition coefficient (Wildman–Crippen LogP) is 6.18. The van der Waals surface area contributed by atoms with Crippen LogP contribution in [0.25, 0.3) is 10.9 Å². The summed E-state index contributed by atoms with van der Waals surface area (Å²) in [5.74, 6) is 0. The van der Waals surface area contributed by atoms with Crippen LogP contribution in [0.15, 0.2) is 59.1 Å². The van der Waals surface area contributed by atoms with Gasteiger partial charge in [-0.1, -0.05) is 66.0 Å². The first-order chi connectivity index (χ1) is 10.8. The molecule has 0 N–H and O–H groups in total. The van der Waals surface area contributed by atoms with Crippen molar-refractivity contribution in [3.05, 3.63) is 70.3 Å². The predicted molar refractivity (Wildman–Crippen MR) is 98.4 cm³/mol. The van der Waals surface area contributed by atoms with Gasteiger partial charge in [-0.2, -0.15) is 0 Å². The monoisotopic (exact) mass is 355 g/mol. The smallest absolute Gasteiger partial charge is 0.0482 e. The number of aryl methyl sites for hydroxylation is 1. The third-order valence-electron chi connectivity index (χ3n) is 4.18. The number of hydrogen-bond acceptors (Lipinski definition) is 0. The number of fused-ring (bicyclic) bond motifs is 1. The molecule has 2 heteroatoms. The highest BCUT2D eigenvalue weighted by molar-refractivity contribution is 9.10. The molecule has 1 heterocycles. The molecular formula is C20H22BrN. The van der Waals surface area contributed by atoms with Gasteiger partial charge in [-0.25, -0.2) is 0 Å². The van der Waals surface area contributed by atoms with E-state index in [1.807, 2.05) is 0 Å². The van der Waals surface area contributed by atoms with Crippen molar-refractivity contribution in [2.45, 2.75) is 39.2 Å². The van der Waals surface area contributed by atoms with Gasteiger partial charge in [0.15, 0.2) is 0 Å². The first kappa shape index (κ1) is 15.4. The fourth-order valence-electron chi connectivity index (χ4n) is 3.01. The molecule has 0 aliphatic heterocycles. The molecule has 0 aliphatic carbocycles. The van der Waals surface area contributed by atoms with E-state index in [1.165, 1.54) is 41.4 Å². The van der Waals surface area contributed by atoms with E-state index in [2.05, 4.69) is 82.0 Å². The van der Waals surface area contributed by atoms with Gasteiger partial charge >= 0.3 is 0 Å². The number of aromatic nitrogens is 1. The summed E-state index contributed by atoms with van der Waals surface area (Å²) in [6.45, 7) is 3.38. The zero-order valence-electron chi connectivity index (χ0n) is 13.1. The third kappa shape index (κ3) is 3.44. The van der Waals surface area contributed by atoms with Gasteiger partial charge < -0.3 is 4.57 Å². The summed E-state index contributed by atoms with van der Waals surface area (Å²) in [6.07, 6.45) is 4.81.